The van der Waals surface area contributed by atoms with E-state index in [-0.39, 0.29) is 5.88 Å². The Kier molecular flexibility index (Phi) is 4.52. The summed E-state index contributed by atoms with van der Waals surface area (Å²) in [5.74, 6) is -1.14. The molecule has 1 aliphatic heterocycles. The fourth-order valence-electron chi connectivity index (χ4n) is 1.48. The molecular formula is C9H13ClO6. The first-order valence-corrected chi connectivity index (χ1v) is 5.23. The smallest absolute Gasteiger partial charge is 0.303 e. The molecule has 0 aromatic rings. The van der Waals surface area contributed by atoms with E-state index in [0.717, 1.165) is 0 Å². The molecule has 92 valence electrons. The minimum atomic E-state index is -1.34. The summed E-state index contributed by atoms with van der Waals surface area (Å²) in [7, 11) is 0. The molecule has 0 aliphatic carbocycles. The average molecular weight is 253 g/mol. The number of hydrogen-bond donors (Lipinski definition) is 1. The first-order chi connectivity index (χ1) is 7.45. The van der Waals surface area contributed by atoms with Crippen molar-refractivity contribution >= 4 is 23.5 Å². The van der Waals surface area contributed by atoms with Gasteiger partial charge in [-0.1, -0.05) is 0 Å². The number of aliphatic hydroxyl groups excluding tert-OH is 1. The molecule has 0 radical (unpaired) electrons. The van der Waals surface area contributed by atoms with E-state index in [0.29, 0.717) is 0 Å². The predicted molar refractivity (Wildman–Crippen MR) is 52.7 cm³/mol. The van der Waals surface area contributed by atoms with E-state index >= 15 is 0 Å². The number of alkyl halides is 1. The first-order valence-electron chi connectivity index (χ1n) is 4.69. The number of rotatable bonds is 3. The van der Waals surface area contributed by atoms with E-state index in [2.05, 4.69) is 0 Å². The Hall–Kier alpha value is -0.850. The van der Waals surface area contributed by atoms with Crippen LogP contribution in [-0.2, 0) is 23.8 Å². The van der Waals surface area contributed by atoms with Gasteiger partial charge in [-0.2, -0.15) is 0 Å². The Morgan fingerprint density at radius 2 is 1.75 bits per heavy atom. The number of esters is 2. The largest absolute Gasteiger partial charge is 0.456 e. The van der Waals surface area contributed by atoms with Crippen molar-refractivity contribution in [2.75, 3.05) is 5.88 Å². The zero-order valence-corrected chi connectivity index (χ0v) is 9.64. The highest BCUT2D eigenvalue weighted by atomic mass is 35.5. The molecule has 0 bridgehead atoms. The Balaban J connectivity index is 2.76. The van der Waals surface area contributed by atoms with Gasteiger partial charge in [-0.25, -0.2) is 0 Å². The van der Waals surface area contributed by atoms with Crippen LogP contribution in [0.3, 0.4) is 0 Å². The number of carbonyl (C=O) groups excluding carboxylic acids is 2. The molecule has 1 rings (SSSR count). The van der Waals surface area contributed by atoms with E-state index in [1.54, 1.807) is 0 Å². The van der Waals surface area contributed by atoms with Crippen LogP contribution >= 0.6 is 11.6 Å². The van der Waals surface area contributed by atoms with Gasteiger partial charge in [0, 0.05) is 13.8 Å². The quantitative estimate of drug-likeness (QED) is 0.554. The molecular weight excluding hydrogens is 240 g/mol. The van der Waals surface area contributed by atoms with Gasteiger partial charge in [0.25, 0.3) is 0 Å². The Morgan fingerprint density at radius 3 is 2.19 bits per heavy atom. The van der Waals surface area contributed by atoms with E-state index in [1.165, 1.54) is 13.8 Å². The van der Waals surface area contributed by atoms with E-state index in [4.69, 9.17) is 25.8 Å². The SMILES string of the molecule is CC(=O)O[C@H]1[C@H](OC(C)=O)[C@@H](CCl)O[C@@H]1O. The van der Waals surface area contributed by atoms with Crippen molar-refractivity contribution in [3.63, 3.8) is 0 Å². The Bertz CT molecular complexity index is 281. The summed E-state index contributed by atoms with van der Waals surface area (Å²) < 4.78 is 14.7. The van der Waals surface area contributed by atoms with Crippen molar-refractivity contribution in [1.82, 2.24) is 0 Å². The standard InChI is InChI=1S/C9H13ClO6/c1-4(11)14-7-6(3-10)16-9(13)8(7)15-5(2)12/h6-9,13H,3H2,1-2H3/t6-,7-,8+,9+/m1/s1. The van der Waals surface area contributed by atoms with Gasteiger partial charge >= 0.3 is 11.9 Å². The van der Waals surface area contributed by atoms with E-state index in [9.17, 15) is 14.7 Å². The third-order valence-electron chi connectivity index (χ3n) is 2.04. The van der Waals surface area contributed by atoms with Crippen LogP contribution in [0, 0.1) is 0 Å². The molecule has 1 N–H and O–H groups in total. The van der Waals surface area contributed by atoms with Gasteiger partial charge in [0.2, 0.25) is 0 Å². The number of ether oxygens (including phenoxy) is 3. The predicted octanol–water partition coefficient (Wildman–Crippen LogP) is -0.194. The lowest BCUT2D eigenvalue weighted by Gasteiger charge is -2.21. The first kappa shape index (κ1) is 13.2. The Labute approximate surface area is 97.4 Å². The number of halogens is 1. The Morgan fingerprint density at radius 1 is 1.25 bits per heavy atom. The monoisotopic (exact) mass is 252 g/mol. The van der Waals surface area contributed by atoms with Crippen LogP contribution in [0.5, 0.6) is 0 Å². The minimum Gasteiger partial charge on any atom is -0.456 e. The van der Waals surface area contributed by atoms with Gasteiger partial charge in [0.05, 0.1) is 5.88 Å². The highest BCUT2D eigenvalue weighted by molar-refractivity contribution is 6.18. The van der Waals surface area contributed by atoms with Crippen molar-refractivity contribution in [2.45, 2.75) is 38.4 Å². The van der Waals surface area contributed by atoms with Gasteiger partial charge in [-0.15, -0.1) is 11.6 Å². The summed E-state index contributed by atoms with van der Waals surface area (Å²) in [5, 5.41) is 9.47. The lowest BCUT2D eigenvalue weighted by atomic mass is 10.1. The number of aliphatic hydroxyl groups is 1. The van der Waals surface area contributed by atoms with Crippen LogP contribution in [0.25, 0.3) is 0 Å². The molecule has 4 atom stereocenters. The maximum atomic E-state index is 10.9. The minimum absolute atomic E-state index is 0.0206. The van der Waals surface area contributed by atoms with Crippen LogP contribution in [0.1, 0.15) is 13.8 Å². The molecule has 1 aliphatic rings. The lowest BCUT2D eigenvalue weighted by Crippen LogP contribution is -2.40. The van der Waals surface area contributed by atoms with Crippen molar-refractivity contribution in [1.29, 1.82) is 0 Å². The van der Waals surface area contributed by atoms with Gasteiger partial charge in [-0.05, 0) is 0 Å². The summed E-state index contributed by atoms with van der Waals surface area (Å²) in [5.41, 5.74) is 0. The van der Waals surface area contributed by atoms with Crippen LogP contribution in [0.15, 0.2) is 0 Å². The molecule has 1 saturated heterocycles. The van der Waals surface area contributed by atoms with Gasteiger partial charge < -0.3 is 19.3 Å². The molecule has 0 aromatic carbocycles. The topological polar surface area (TPSA) is 82.1 Å². The molecule has 0 saturated carbocycles. The van der Waals surface area contributed by atoms with E-state index in [1.807, 2.05) is 0 Å². The van der Waals surface area contributed by atoms with Crippen molar-refractivity contribution in [3.05, 3.63) is 0 Å². The summed E-state index contributed by atoms with van der Waals surface area (Å²) in [6.45, 7) is 2.40. The van der Waals surface area contributed by atoms with Crippen LogP contribution in [0.2, 0.25) is 0 Å². The molecule has 0 unspecified atom stereocenters. The van der Waals surface area contributed by atoms with Gasteiger partial charge in [0.1, 0.15) is 6.10 Å². The summed E-state index contributed by atoms with van der Waals surface area (Å²) in [4.78, 5) is 21.7. The van der Waals surface area contributed by atoms with Crippen molar-refractivity contribution in [3.8, 4) is 0 Å². The van der Waals surface area contributed by atoms with Crippen LogP contribution in [-0.4, -0.2) is 47.5 Å². The molecule has 1 fully saturated rings. The fraction of sp³-hybridized carbons (Fsp3) is 0.778. The zero-order chi connectivity index (χ0) is 12.3. The van der Waals surface area contributed by atoms with Crippen LogP contribution in [0.4, 0.5) is 0 Å². The molecule has 0 spiro atoms. The fourth-order valence-corrected chi connectivity index (χ4v) is 1.73. The maximum Gasteiger partial charge on any atom is 0.303 e. The second-order valence-electron chi connectivity index (χ2n) is 3.37. The highest BCUT2D eigenvalue weighted by Crippen LogP contribution is 2.26. The molecule has 0 amide bonds. The summed E-state index contributed by atoms with van der Waals surface area (Å²) >= 11 is 5.59. The summed E-state index contributed by atoms with van der Waals surface area (Å²) in [6, 6.07) is 0. The molecule has 1 heterocycles. The molecule has 6 nitrogen and oxygen atoms in total. The van der Waals surface area contributed by atoms with E-state index < -0.39 is 36.5 Å². The van der Waals surface area contributed by atoms with Crippen molar-refractivity contribution in [2.24, 2.45) is 0 Å². The normalized spacial score (nSPS) is 33.5. The molecule has 0 aromatic heterocycles. The zero-order valence-electron chi connectivity index (χ0n) is 8.88. The second-order valence-corrected chi connectivity index (χ2v) is 3.68. The third kappa shape index (κ3) is 3.07. The average Bonchev–Trinajstić information content (AvgIpc) is 2.44. The van der Waals surface area contributed by atoms with Crippen LogP contribution < -0.4 is 0 Å². The third-order valence-corrected chi connectivity index (χ3v) is 2.35. The maximum absolute atomic E-state index is 10.9. The van der Waals surface area contributed by atoms with Gasteiger partial charge in [0.15, 0.2) is 18.5 Å². The molecule has 16 heavy (non-hydrogen) atoms. The number of carbonyl (C=O) groups is 2. The second kappa shape index (κ2) is 5.47. The van der Waals surface area contributed by atoms with Gasteiger partial charge in [-0.3, -0.25) is 9.59 Å². The van der Waals surface area contributed by atoms with Crippen molar-refractivity contribution < 1.29 is 28.9 Å². The lowest BCUT2D eigenvalue weighted by molar-refractivity contribution is -0.174. The highest BCUT2D eigenvalue weighted by Gasteiger charge is 2.48. The summed E-state index contributed by atoms with van der Waals surface area (Å²) in [6.07, 6.45) is -3.94. The molecule has 7 heteroatoms. The number of hydrogen-bond acceptors (Lipinski definition) is 6.